The van der Waals surface area contributed by atoms with Crippen LogP contribution >= 0.6 is 0 Å². The Balaban J connectivity index is 3.47. The van der Waals surface area contributed by atoms with Gasteiger partial charge in [-0.15, -0.1) is 13.2 Å². The minimum Gasteiger partial charge on any atom is -0.493 e. The highest BCUT2D eigenvalue weighted by Gasteiger charge is 2.35. The van der Waals surface area contributed by atoms with Gasteiger partial charge in [0.1, 0.15) is 5.56 Å². The molecule has 0 aliphatic heterocycles. The molecule has 1 aromatic carbocycles. The minimum atomic E-state index is -5.01. The monoisotopic (exact) mass is 275 g/mol. The predicted molar refractivity (Wildman–Crippen MR) is 55.7 cm³/mol. The molecule has 5 nitrogen and oxygen atoms in total. The van der Waals surface area contributed by atoms with Crippen LogP contribution in [0.4, 0.5) is 13.2 Å². The maximum atomic E-state index is 12.3. The summed E-state index contributed by atoms with van der Waals surface area (Å²) in [5.41, 5.74) is -0.609. The number of rotatable bonds is 3. The lowest BCUT2D eigenvalue weighted by Crippen LogP contribution is -2.20. The molecule has 0 amide bonds. The lowest BCUT2D eigenvalue weighted by Gasteiger charge is -2.15. The zero-order valence-corrected chi connectivity index (χ0v) is 9.87. The quantitative estimate of drug-likeness (QED) is 0.791. The molecule has 0 bridgehead atoms. The molecule has 1 rings (SSSR count). The Morgan fingerprint density at radius 3 is 2.37 bits per heavy atom. The van der Waals surface area contributed by atoms with E-state index >= 15 is 0 Å². The SMILES string of the molecule is COC(=O)c1cc(C#N)cc(OC)c1OC(F)(F)F. The third-order valence-corrected chi connectivity index (χ3v) is 2.03. The van der Waals surface area contributed by atoms with Gasteiger partial charge in [-0.1, -0.05) is 0 Å². The molecule has 0 aliphatic carbocycles. The summed E-state index contributed by atoms with van der Waals surface area (Å²) in [5, 5.41) is 8.74. The highest BCUT2D eigenvalue weighted by atomic mass is 19.4. The first-order valence-corrected chi connectivity index (χ1v) is 4.78. The van der Waals surface area contributed by atoms with Crippen LogP contribution in [0.15, 0.2) is 12.1 Å². The van der Waals surface area contributed by atoms with Crippen LogP contribution < -0.4 is 9.47 Å². The Morgan fingerprint density at radius 1 is 1.32 bits per heavy atom. The number of nitrogens with zero attached hydrogens (tertiary/aromatic N) is 1. The van der Waals surface area contributed by atoms with Crippen LogP contribution in [0.5, 0.6) is 11.5 Å². The lowest BCUT2D eigenvalue weighted by molar-refractivity contribution is -0.275. The van der Waals surface area contributed by atoms with Gasteiger partial charge in [0.05, 0.1) is 25.9 Å². The van der Waals surface area contributed by atoms with Crippen LogP contribution in [0.25, 0.3) is 0 Å². The maximum Gasteiger partial charge on any atom is 0.573 e. The number of nitriles is 1. The summed E-state index contributed by atoms with van der Waals surface area (Å²) in [4.78, 5) is 11.4. The van der Waals surface area contributed by atoms with E-state index in [0.717, 1.165) is 26.4 Å². The molecule has 19 heavy (non-hydrogen) atoms. The number of carbonyl (C=O) groups is 1. The fourth-order valence-corrected chi connectivity index (χ4v) is 1.30. The summed E-state index contributed by atoms with van der Waals surface area (Å²) >= 11 is 0. The van der Waals surface area contributed by atoms with E-state index in [2.05, 4.69) is 14.2 Å². The summed E-state index contributed by atoms with van der Waals surface area (Å²) in [6.45, 7) is 0. The van der Waals surface area contributed by atoms with E-state index < -0.39 is 29.4 Å². The average Bonchev–Trinajstić information content (AvgIpc) is 2.36. The summed E-state index contributed by atoms with van der Waals surface area (Å²) in [5.74, 6) is -2.31. The number of hydrogen-bond donors (Lipinski definition) is 0. The van der Waals surface area contributed by atoms with E-state index in [1.807, 2.05) is 0 Å². The van der Waals surface area contributed by atoms with Gasteiger partial charge in [-0.25, -0.2) is 4.79 Å². The maximum absolute atomic E-state index is 12.3. The summed E-state index contributed by atoms with van der Waals surface area (Å²) in [7, 11) is 2.08. The normalized spacial score (nSPS) is 10.5. The minimum absolute atomic E-state index is 0.0632. The smallest absolute Gasteiger partial charge is 0.493 e. The first kappa shape index (κ1) is 14.6. The van der Waals surface area contributed by atoms with Crippen molar-refractivity contribution in [1.29, 1.82) is 5.26 Å². The van der Waals surface area contributed by atoms with Crippen molar-refractivity contribution < 1.29 is 32.2 Å². The largest absolute Gasteiger partial charge is 0.573 e. The van der Waals surface area contributed by atoms with Crippen molar-refractivity contribution >= 4 is 5.97 Å². The molecule has 102 valence electrons. The first-order chi connectivity index (χ1) is 8.82. The van der Waals surface area contributed by atoms with Gasteiger partial charge in [-0.3, -0.25) is 0 Å². The van der Waals surface area contributed by atoms with Gasteiger partial charge in [0, 0.05) is 6.07 Å². The van der Waals surface area contributed by atoms with Crippen molar-refractivity contribution in [3.8, 4) is 17.6 Å². The predicted octanol–water partition coefficient (Wildman–Crippen LogP) is 2.25. The fourth-order valence-electron chi connectivity index (χ4n) is 1.30. The Morgan fingerprint density at radius 2 is 1.95 bits per heavy atom. The molecule has 0 unspecified atom stereocenters. The van der Waals surface area contributed by atoms with Gasteiger partial charge in [-0.05, 0) is 6.07 Å². The molecule has 0 N–H and O–H groups in total. The van der Waals surface area contributed by atoms with Crippen molar-refractivity contribution in [3.05, 3.63) is 23.3 Å². The number of benzene rings is 1. The van der Waals surface area contributed by atoms with Crippen molar-refractivity contribution in [1.82, 2.24) is 0 Å². The van der Waals surface area contributed by atoms with Crippen LogP contribution in [0.2, 0.25) is 0 Å². The summed E-state index contributed by atoms with van der Waals surface area (Å²) in [6, 6.07) is 3.63. The van der Waals surface area contributed by atoms with E-state index in [4.69, 9.17) is 5.26 Å². The standard InChI is InChI=1S/C11H8F3NO4/c1-17-8-4-6(5-15)3-7(10(16)18-2)9(8)19-11(12,13)14/h3-4H,1-2H3. The molecule has 0 saturated heterocycles. The van der Waals surface area contributed by atoms with Gasteiger partial charge < -0.3 is 14.2 Å². The Kier molecular flexibility index (Phi) is 4.22. The molecule has 1 aromatic rings. The van der Waals surface area contributed by atoms with E-state index in [1.54, 1.807) is 6.07 Å². The third kappa shape index (κ3) is 3.51. The molecule has 0 fully saturated rings. The zero-order chi connectivity index (χ0) is 14.6. The van der Waals surface area contributed by atoms with Crippen LogP contribution in [0, 0.1) is 11.3 Å². The zero-order valence-electron chi connectivity index (χ0n) is 9.87. The Hall–Kier alpha value is -2.43. The molecule has 0 spiro atoms. The molecule has 0 radical (unpaired) electrons. The van der Waals surface area contributed by atoms with Crippen molar-refractivity contribution in [2.24, 2.45) is 0 Å². The average molecular weight is 275 g/mol. The molecule has 0 aromatic heterocycles. The second kappa shape index (κ2) is 5.48. The second-order valence-corrected chi connectivity index (χ2v) is 3.21. The number of halogens is 3. The Labute approximate surface area is 106 Å². The van der Waals surface area contributed by atoms with E-state index in [-0.39, 0.29) is 5.56 Å². The van der Waals surface area contributed by atoms with Crippen LogP contribution in [0.1, 0.15) is 15.9 Å². The number of esters is 1. The van der Waals surface area contributed by atoms with Gasteiger partial charge >= 0.3 is 12.3 Å². The van der Waals surface area contributed by atoms with E-state index in [0.29, 0.717) is 0 Å². The number of methoxy groups -OCH3 is 2. The highest BCUT2D eigenvalue weighted by molar-refractivity contribution is 5.94. The van der Waals surface area contributed by atoms with Crippen molar-refractivity contribution in [2.75, 3.05) is 14.2 Å². The molecular weight excluding hydrogens is 267 g/mol. The lowest BCUT2D eigenvalue weighted by atomic mass is 10.1. The van der Waals surface area contributed by atoms with Gasteiger partial charge in [0.25, 0.3) is 0 Å². The van der Waals surface area contributed by atoms with Crippen LogP contribution in [0.3, 0.4) is 0 Å². The third-order valence-electron chi connectivity index (χ3n) is 2.03. The van der Waals surface area contributed by atoms with Crippen LogP contribution in [-0.2, 0) is 4.74 Å². The Bertz CT molecular complexity index is 534. The van der Waals surface area contributed by atoms with E-state index in [1.165, 1.54) is 0 Å². The number of carbonyl (C=O) groups excluding carboxylic acids is 1. The van der Waals surface area contributed by atoms with Crippen molar-refractivity contribution in [2.45, 2.75) is 6.36 Å². The number of ether oxygens (including phenoxy) is 3. The van der Waals surface area contributed by atoms with Gasteiger partial charge in [-0.2, -0.15) is 5.26 Å². The summed E-state index contributed by atoms with van der Waals surface area (Å²) < 4.78 is 49.6. The molecule has 8 heteroatoms. The molecule has 0 heterocycles. The van der Waals surface area contributed by atoms with Gasteiger partial charge in [0.2, 0.25) is 0 Å². The second-order valence-electron chi connectivity index (χ2n) is 3.21. The fraction of sp³-hybridized carbons (Fsp3) is 0.273. The van der Waals surface area contributed by atoms with Gasteiger partial charge in [0.15, 0.2) is 11.5 Å². The highest BCUT2D eigenvalue weighted by Crippen LogP contribution is 2.37. The molecule has 0 aliphatic rings. The number of hydrogen-bond acceptors (Lipinski definition) is 5. The molecule has 0 saturated carbocycles. The van der Waals surface area contributed by atoms with Crippen molar-refractivity contribution in [3.63, 3.8) is 0 Å². The number of alkyl halides is 3. The van der Waals surface area contributed by atoms with E-state index in [9.17, 15) is 18.0 Å². The first-order valence-electron chi connectivity index (χ1n) is 4.78. The topological polar surface area (TPSA) is 68.6 Å². The summed E-state index contributed by atoms with van der Waals surface area (Å²) in [6.07, 6.45) is -5.01. The van der Waals surface area contributed by atoms with Crippen LogP contribution in [-0.4, -0.2) is 26.6 Å². The molecular formula is C11H8F3NO4. The molecule has 0 atom stereocenters.